The standard InChI is InChI=1S/C18H13F3N2O3/c1-11-15(16(23-26-11)12-5-3-2-4-6-12)17(24)22-13-7-9-14(10-8-13)25-18(19,20)21/h2-10H,1H3,(H,22,24). The van der Waals surface area contributed by atoms with E-state index in [1.54, 1.807) is 31.2 Å². The zero-order valence-electron chi connectivity index (χ0n) is 13.5. The van der Waals surface area contributed by atoms with Crippen molar-refractivity contribution in [2.45, 2.75) is 13.3 Å². The number of nitrogens with zero attached hydrogens (tertiary/aromatic N) is 1. The average Bonchev–Trinajstić information content (AvgIpc) is 2.98. The number of benzene rings is 2. The van der Waals surface area contributed by atoms with E-state index in [-0.39, 0.29) is 11.3 Å². The van der Waals surface area contributed by atoms with Crippen LogP contribution >= 0.6 is 0 Å². The monoisotopic (exact) mass is 362 g/mol. The number of hydrogen-bond acceptors (Lipinski definition) is 4. The fourth-order valence-corrected chi connectivity index (χ4v) is 2.37. The molecule has 0 aliphatic heterocycles. The second-order valence-corrected chi connectivity index (χ2v) is 5.35. The Labute approximate surface area is 146 Å². The molecule has 0 radical (unpaired) electrons. The molecule has 0 saturated heterocycles. The lowest BCUT2D eigenvalue weighted by Crippen LogP contribution is -2.17. The fourth-order valence-electron chi connectivity index (χ4n) is 2.37. The van der Waals surface area contributed by atoms with Gasteiger partial charge in [-0.15, -0.1) is 13.2 Å². The van der Waals surface area contributed by atoms with E-state index in [0.29, 0.717) is 22.7 Å². The third kappa shape index (κ3) is 4.02. The molecule has 0 atom stereocenters. The summed E-state index contributed by atoms with van der Waals surface area (Å²) in [5.74, 6) is -0.521. The van der Waals surface area contributed by atoms with Gasteiger partial charge in [0.15, 0.2) is 0 Å². The Bertz CT molecular complexity index is 904. The summed E-state index contributed by atoms with van der Waals surface area (Å²) in [5, 5.41) is 6.53. The molecule has 1 heterocycles. The van der Waals surface area contributed by atoms with E-state index in [4.69, 9.17) is 4.52 Å². The molecule has 1 N–H and O–H groups in total. The first-order chi connectivity index (χ1) is 12.3. The molecule has 3 rings (SSSR count). The van der Waals surface area contributed by atoms with Gasteiger partial charge >= 0.3 is 6.36 Å². The Hall–Kier alpha value is -3.29. The number of amides is 1. The van der Waals surface area contributed by atoms with Crippen LogP contribution in [0, 0.1) is 6.92 Å². The minimum Gasteiger partial charge on any atom is -0.406 e. The molecule has 0 aliphatic carbocycles. The number of rotatable bonds is 4. The smallest absolute Gasteiger partial charge is 0.406 e. The highest BCUT2D eigenvalue weighted by atomic mass is 19.4. The second kappa shape index (κ2) is 6.91. The quantitative estimate of drug-likeness (QED) is 0.724. The molecule has 134 valence electrons. The van der Waals surface area contributed by atoms with Crippen LogP contribution in [0.5, 0.6) is 5.75 Å². The molecular weight excluding hydrogens is 349 g/mol. The van der Waals surface area contributed by atoms with Crippen molar-refractivity contribution in [2.75, 3.05) is 5.32 Å². The van der Waals surface area contributed by atoms with Crippen LogP contribution in [0.4, 0.5) is 18.9 Å². The van der Waals surface area contributed by atoms with Crippen molar-refractivity contribution in [1.82, 2.24) is 5.16 Å². The average molecular weight is 362 g/mol. The number of nitrogens with one attached hydrogen (secondary N) is 1. The van der Waals surface area contributed by atoms with Crippen LogP contribution in [0.2, 0.25) is 0 Å². The Kier molecular flexibility index (Phi) is 4.66. The maximum Gasteiger partial charge on any atom is 0.573 e. The van der Waals surface area contributed by atoms with Crippen molar-refractivity contribution in [3.05, 3.63) is 65.9 Å². The first-order valence-corrected chi connectivity index (χ1v) is 7.52. The van der Waals surface area contributed by atoms with E-state index in [1.807, 2.05) is 6.07 Å². The highest BCUT2D eigenvalue weighted by Gasteiger charge is 2.31. The summed E-state index contributed by atoms with van der Waals surface area (Å²) >= 11 is 0. The van der Waals surface area contributed by atoms with Crippen molar-refractivity contribution >= 4 is 11.6 Å². The predicted molar refractivity (Wildman–Crippen MR) is 87.8 cm³/mol. The number of carbonyl (C=O) groups is 1. The van der Waals surface area contributed by atoms with Gasteiger partial charge in [0, 0.05) is 11.3 Å². The van der Waals surface area contributed by atoms with Crippen LogP contribution < -0.4 is 10.1 Å². The third-order valence-electron chi connectivity index (χ3n) is 3.48. The summed E-state index contributed by atoms with van der Waals surface area (Å²) in [7, 11) is 0. The molecule has 0 saturated carbocycles. The molecule has 0 bridgehead atoms. The van der Waals surface area contributed by atoms with Crippen molar-refractivity contribution in [3.8, 4) is 17.0 Å². The van der Waals surface area contributed by atoms with Crippen molar-refractivity contribution in [2.24, 2.45) is 0 Å². The lowest BCUT2D eigenvalue weighted by atomic mass is 10.1. The normalized spacial score (nSPS) is 11.2. The summed E-state index contributed by atoms with van der Waals surface area (Å²) < 4.78 is 45.5. The van der Waals surface area contributed by atoms with Gasteiger partial charge in [0.25, 0.3) is 5.91 Å². The second-order valence-electron chi connectivity index (χ2n) is 5.35. The van der Waals surface area contributed by atoms with Crippen molar-refractivity contribution < 1.29 is 27.2 Å². The van der Waals surface area contributed by atoms with Crippen molar-refractivity contribution in [1.29, 1.82) is 0 Å². The van der Waals surface area contributed by atoms with Gasteiger partial charge < -0.3 is 14.6 Å². The van der Waals surface area contributed by atoms with Gasteiger partial charge in [-0.2, -0.15) is 0 Å². The molecular formula is C18H13F3N2O3. The minimum absolute atomic E-state index is 0.256. The zero-order chi connectivity index (χ0) is 18.7. The number of halogens is 3. The molecule has 3 aromatic rings. The van der Waals surface area contributed by atoms with E-state index in [9.17, 15) is 18.0 Å². The summed E-state index contributed by atoms with van der Waals surface area (Å²) in [4.78, 5) is 12.6. The number of ether oxygens (including phenoxy) is 1. The van der Waals surface area contributed by atoms with Gasteiger partial charge in [-0.3, -0.25) is 4.79 Å². The van der Waals surface area contributed by atoms with E-state index in [0.717, 1.165) is 12.1 Å². The zero-order valence-corrected chi connectivity index (χ0v) is 13.5. The Morgan fingerprint density at radius 2 is 1.73 bits per heavy atom. The summed E-state index contributed by atoms with van der Waals surface area (Å²) in [5.41, 5.74) is 1.66. The van der Waals surface area contributed by atoms with Gasteiger partial charge in [-0.25, -0.2) is 0 Å². The molecule has 0 unspecified atom stereocenters. The lowest BCUT2D eigenvalue weighted by molar-refractivity contribution is -0.274. The van der Waals surface area contributed by atoms with Crippen LogP contribution in [0.25, 0.3) is 11.3 Å². The molecule has 8 heteroatoms. The molecule has 0 fully saturated rings. The molecule has 2 aromatic carbocycles. The van der Waals surface area contributed by atoms with Gasteiger partial charge in [-0.05, 0) is 31.2 Å². The fraction of sp³-hybridized carbons (Fsp3) is 0.111. The Balaban J connectivity index is 1.80. The van der Waals surface area contributed by atoms with E-state index >= 15 is 0 Å². The van der Waals surface area contributed by atoms with Gasteiger partial charge in [0.1, 0.15) is 22.8 Å². The maximum atomic E-state index is 12.6. The van der Waals surface area contributed by atoms with E-state index < -0.39 is 12.3 Å². The van der Waals surface area contributed by atoms with Crippen LogP contribution in [0.1, 0.15) is 16.1 Å². The van der Waals surface area contributed by atoms with E-state index in [1.165, 1.54) is 12.1 Å². The molecule has 1 aromatic heterocycles. The Morgan fingerprint density at radius 1 is 1.08 bits per heavy atom. The van der Waals surface area contributed by atoms with Crippen LogP contribution in [0.15, 0.2) is 59.1 Å². The number of hydrogen-bond donors (Lipinski definition) is 1. The highest BCUT2D eigenvalue weighted by Crippen LogP contribution is 2.27. The SMILES string of the molecule is Cc1onc(-c2ccccc2)c1C(=O)Nc1ccc(OC(F)(F)F)cc1. The van der Waals surface area contributed by atoms with Gasteiger partial charge in [0.2, 0.25) is 0 Å². The third-order valence-corrected chi connectivity index (χ3v) is 3.48. The van der Waals surface area contributed by atoms with Crippen molar-refractivity contribution in [3.63, 3.8) is 0 Å². The number of aryl methyl sites for hydroxylation is 1. The van der Waals surface area contributed by atoms with E-state index in [2.05, 4.69) is 15.2 Å². The Morgan fingerprint density at radius 3 is 2.35 bits per heavy atom. The van der Waals surface area contributed by atoms with Gasteiger partial charge in [0.05, 0.1) is 0 Å². The molecule has 0 spiro atoms. The molecule has 1 amide bonds. The number of aromatic nitrogens is 1. The van der Waals surface area contributed by atoms with Crippen LogP contribution in [-0.2, 0) is 0 Å². The topological polar surface area (TPSA) is 64.4 Å². The highest BCUT2D eigenvalue weighted by molar-refractivity contribution is 6.08. The molecule has 26 heavy (non-hydrogen) atoms. The molecule has 5 nitrogen and oxygen atoms in total. The first-order valence-electron chi connectivity index (χ1n) is 7.52. The number of anilines is 1. The summed E-state index contributed by atoms with van der Waals surface area (Å²) in [6.45, 7) is 1.61. The summed E-state index contributed by atoms with van der Waals surface area (Å²) in [6, 6.07) is 13.9. The number of alkyl halides is 3. The summed E-state index contributed by atoms with van der Waals surface area (Å²) in [6.07, 6.45) is -4.77. The minimum atomic E-state index is -4.77. The molecule has 0 aliphatic rings. The lowest BCUT2D eigenvalue weighted by Gasteiger charge is -2.10. The maximum absolute atomic E-state index is 12.6. The van der Waals surface area contributed by atoms with Crippen LogP contribution in [-0.4, -0.2) is 17.4 Å². The van der Waals surface area contributed by atoms with Crippen LogP contribution in [0.3, 0.4) is 0 Å². The largest absolute Gasteiger partial charge is 0.573 e. The first kappa shape index (κ1) is 17.5. The number of carbonyl (C=O) groups excluding carboxylic acids is 1. The predicted octanol–water partition coefficient (Wildman–Crippen LogP) is 4.80. The van der Waals surface area contributed by atoms with Gasteiger partial charge in [-0.1, -0.05) is 35.5 Å².